The summed E-state index contributed by atoms with van der Waals surface area (Å²) in [6.07, 6.45) is 0.891. The molecule has 2 atom stereocenters. The number of hydrogen-bond donors (Lipinski definition) is 0. The van der Waals surface area contributed by atoms with E-state index in [9.17, 15) is 9.18 Å². The number of carbonyl (C=O) groups excluding carboxylic acids is 1. The molecule has 5 heteroatoms. The number of rotatable bonds is 2. The van der Waals surface area contributed by atoms with Crippen LogP contribution in [0.2, 0.25) is 0 Å². The number of hydrogen-bond acceptors (Lipinski definition) is 3. The minimum Gasteiger partial charge on any atom is -0.469 e. The van der Waals surface area contributed by atoms with E-state index in [0.29, 0.717) is 6.54 Å². The summed E-state index contributed by atoms with van der Waals surface area (Å²) in [5, 5.41) is 0. The molecule has 0 saturated carbocycles. The van der Waals surface area contributed by atoms with E-state index in [1.807, 2.05) is 7.05 Å². The number of likely N-dealkylation sites (tertiary alicyclic amines) is 1. The third-order valence-corrected chi connectivity index (χ3v) is 3.62. The SMILES string of the molecule is COC(=O)C1CN(C)CCC1c1ccc(F)cc1.I. The highest BCUT2D eigenvalue weighted by Gasteiger charge is 2.34. The number of nitrogens with zero attached hydrogens (tertiary/aromatic N) is 1. The molecular weight excluding hydrogens is 360 g/mol. The summed E-state index contributed by atoms with van der Waals surface area (Å²) in [5.41, 5.74) is 1.01. The summed E-state index contributed by atoms with van der Waals surface area (Å²) >= 11 is 0. The summed E-state index contributed by atoms with van der Waals surface area (Å²) in [4.78, 5) is 14.0. The third-order valence-electron chi connectivity index (χ3n) is 3.62. The largest absolute Gasteiger partial charge is 0.469 e. The Balaban J connectivity index is 0.00000180. The van der Waals surface area contributed by atoms with Gasteiger partial charge in [-0.15, -0.1) is 24.0 Å². The molecule has 0 amide bonds. The molecule has 106 valence electrons. The number of methoxy groups -OCH3 is 1. The number of ether oxygens (including phenoxy) is 1. The van der Waals surface area contributed by atoms with Gasteiger partial charge in [0.1, 0.15) is 5.82 Å². The highest BCUT2D eigenvalue weighted by Crippen LogP contribution is 2.33. The maximum Gasteiger partial charge on any atom is 0.310 e. The maximum atomic E-state index is 12.9. The van der Waals surface area contributed by atoms with Crippen LogP contribution in [-0.4, -0.2) is 38.1 Å². The number of carbonyl (C=O) groups is 1. The highest BCUT2D eigenvalue weighted by atomic mass is 127. The Hall–Kier alpha value is -0.690. The molecule has 1 heterocycles. The Morgan fingerprint density at radius 3 is 2.58 bits per heavy atom. The summed E-state index contributed by atoms with van der Waals surface area (Å²) in [6.45, 7) is 1.63. The molecule has 0 N–H and O–H groups in total. The van der Waals surface area contributed by atoms with Crippen molar-refractivity contribution in [1.82, 2.24) is 4.90 Å². The fraction of sp³-hybridized carbons (Fsp3) is 0.500. The fourth-order valence-corrected chi connectivity index (χ4v) is 2.61. The zero-order valence-electron chi connectivity index (χ0n) is 11.1. The first-order chi connectivity index (χ1) is 8.61. The van der Waals surface area contributed by atoms with Gasteiger partial charge in [0, 0.05) is 6.54 Å². The minimum absolute atomic E-state index is 0. The first kappa shape index (κ1) is 16.4. The van der Waals surface area contributed by atoms with Crippen LogP contribution >= 0.6 is 24.0 Å². The van der Waals surface area contributed by atoms with E-state index in [4.69, 9.17) is 4.74 Å². The van der Waals surface area contributed by atoms with Gasteiger partial charge in [0.2, 0.25) is 0 Å². The summed E-state index contributed by atoms with van der Waals surface area (Å²) < 4.78 is 17.8. The molecule has 0 radical (unpaired) electrons. The third kappa shape index (κ3) is 3.89. The summed E-state index contributed by atoms with van der Waals surface area (Å²) in [6, 6.07) is 6.42. The average molecular weight is 379 g/mol. The van der Waals surface area contributed by atoms with Gasteiger partial charge in [0.15, 0.2) is 0 Å². The highest BCUT2D eigenvalue weighted by molar-refractivity contribution is 14.0. The molecule has 1 aromatic rings. The molecule has 1 aliphatic heterocycles. The van der Waals surface area contributed by atoms with Crippen molar-refractivity contribution in [2.24, 2.45) is 5.92 Å². The van der Waals surface area contributed by atoms with Gasteiger partial charge < -0.3 is 9.64 Å². The Bertz CT molecular complexity index is 424. The zero-order chi connectivity index (χ0) is 13.1. The standard InChI is InChI=1S/C14H18FNO2.HI/c1-16-8-7-12(13(9-16)14(17)18-2)10-3-5-11(15)6-4-10;/h3-6,12-13H,7-9H2,1-2H3;1H. The van der Waals surface area contributed by atoms with E-state index >= 15 is 0 Å². The second-order valence-electron chi connectivity index (χ2n) is 4.84. The van der Waals surface area contributed by atoms with E-state index in [-0.39, 0.29) is 47.6 Å². The first-order valence-electron chi connectivity index (χ1n) is 6.13. The minimum atomic E-state index is -0.249. The predicted octanol–water partition coefficient (Wildman–Crippen LogP) is 2.65. The number of halogens is 2. The van der Waals surface area contributed by atoms with E-state index < -0.39 is 0 Å². The monoisotopic (exact) mass is 379 g/mol. The van der Waals surface area contributed by atoms with Crippen LogP contribution in [0.3, 0.4) is 0 Å². The molecule has 1 saturated heterocycles. The molecule has 0 spiro atoms. The van der Waals surface area contributed by atoms with Gasteiger partial charge >= 0.3 is 5.97 Å². The van der Waals surface area contributed by atoms with Crippen molar-refractivity contribution in [3.8, 4) is 0 Å². The van der Waals surface area contributed by atoms with Gasteiger partial charge in [-0.1, -0.05) is 12.1 Å². The molecule has 0 aliphatic carbocycles. The second-order valence-corrected chi connectivity index (χ2v) is 4.84. The Labute approximate surface area is 130 Å². The average Bonchev–Trinajstić information content (AvgIpc) is 2.39. The molecular formula is C14H19FINO2. The summed E-state index contributed by atoms with van der Waals surface area (Å²) in [7, 11) is 3.41. The van der Waals surface area contributed by atoms with Crippen molar-refractivity contribution in [3.63, 3.8) is 0 Å². The van der Waals surface area contributed by atoms with E-state index in [0.717, 1.165) is 18.5 Å². The Morgan fingerprint density at radius 2 is 2.00 bits per heavy atom. The number of piperidine rings is 1. The molecule has 2 unspecified atom stereocenters. The van der Waals surface area contributed by atoms with Crippen molar-refractivity contribution >= 4 is 29.9 Å². The first-order valence-corrected chi connectivity index (χ1v) is 6.13. The summed E-state index contributed by atoms with van der Waals surface area (Å²) in [5.74, 6) is -0.481. The lowest BCUT2D eigenvalue weighted by molar-refractivity contribution is -0.148. The molecule has 0 aromatic heterocycles. The zero-order valence-corrected chi connectivity index (χ0v) is 13.5. The Kier molecular flexibility index (Phi) is 6.19. The fourth-order valence-electron chi connectivity index (χ4n) is 2.61. The van der Waals surface area contributed by atoms with Crippen molar-refractivity contribution in [2.45, 2.75) is 12.3 Å². The van der Waals surface area contributed by atoms with Gasteiger partial charge in [-0.3, -0.25) is 4.79 Å². The topological polar surface area (TPSA) is 29.5 Å². The van der Waals surface area contributed by atoms with Gasteiger partial charge in [-0.05, 0) is 43.6 Å². The predicted molar refractivity (Wildman–Crippen MR) is 82.2 cm³/mol. The lowest BCUT2D eigenvalue weighted by atomic mass is 9.80. The van der Waals surface area contributed by atoms with Crippen LogP contribution in [-0.2, 0) is 9.53 Å². The van der Waals surface area contributed by atoms with E-state index in [1.54, 1.807) is 12.1 Å². The van der Waals surface area contributed by atoms with Crippen LogP contribution in [0, 0.1) is 11.7 Å². The molecule has 1 aliphatic rings. The second kappa shape index (κ2) is 7.19. The van der Waals surface area contributed by atoms with Crippen LogP contribution in [0.4, 0.5) is 4.39 Å². The number of benzene rings is 1. The van der Waals surface area contributed by atoms with Gasteiger partial charge in [0.05, 0.1) is 13.0 Å². The normalized spacial score (nSPS) is 23.5. The van der Waals surface area contributed by atoms with Crippen LogP contribution in [0.25, 0.3) is 0 Å². The lowest BCUT2D eigenvalue weighted by Gasteiger charge is -2.35. The molecule has 1 aromatic carbocycles. The van der Waals surface area contributed by atoms with Gasteiger partial charge in [-0.25, -0.2) is 4.39 Å². The van der Waals surface area contributed by atoms with Gasteiger partial charge in [0.25, 0.3) is 0 Å². The van der Waals surface area contributed by atoms with E-state index in [2.05, 4.69) is 4.90 Å². The quantitative estimate of drug-likeness (QED) is 0.585. The van der Waals surface area contributed by atoms with Crippen molar-refractivity contribution < 1.29 is 13.9 Å². The smallest absolute Gasteiger partial charge is 0.310 e. The molecule has 1 fully saturated rings. The van der Waals surface area contributed by atoms with Crippen LogP contribution < -0.4 is 0 Å². The van der Waals surface area contributed by atoms with E-state index in [1.165, 1.54) is 19.2 Å². The molecule has 3 nitrogen and oxygen atoms in total. The van der Waals surface area contributed by atoms with Crippen LogP contribution in [0.5, 0.6) is 0 Å². The molecule has 19 heavy (non-hydrogen) atoms. The van der Waals surface area contributed by atoms with Crippen molar-refractivity contribution in [3.05, 3.63) is 35.6 Å². The van der Waals surface area contributed by atoms with Crippen molar-refractivity contribution in [1.29, 1.82) is 0 Å². The van der Waals surface area contributed by atoms with Crippen molar-refractivity contribution in [2.75, 3.05) is 27.2 Å². The Morgan fingerprint density at radius 1 is 1.37 bits per heavy atom. The molecule has 2 rings (SSSR count). The maximum absolute atomic E-state index is 12.9. The van der Waals surface area contributed by atoms with Crippen LogP contribution in [0.15, 0.2) is 24.3 Å². The lowest BCUT2D eigenvalue weighted by Crippen LogP contribution is -2.41. The number of esters is 1. The molecule has 0 bridgehead atoms. The van der Waals surface area contributed by atoms with Gasteiger partial charge in [-0.2, -0.15) is 0 Å². The van der Waals surface area contributed by atoms with Crippen LogP contribution in [0.1, 0.15) is 17.9 Å².